The summed E-state index contributed by atoms with van der Waals surface area (Å²) >= 11 is 0. The third-order valence-electron chi connectivity index (χ3n) is 2.24. The Labute approximate surface area is 73.8 Å². The van der Waals surface area contributed by atoms with E-state index in [1.807, 2.05) is 0 Å². The number of hydrazone groups is 1. The molecule has 0 aromatic heterocycles. The van der Waals surface area contributed by atoms with Crippen molar-refractivity contribution in [3.8, 4) is 0 Å². The molecule has 0 amide bonds. The fraction of sp³-hybridized carbons (Fsp3) is 0.875. The van der Waals surface area contributed by atoms with Crippen LogP contribution in [-0.2, 0) is 0 Å². The molecule has 1 rings (SSSR count). The van der Waals surface area contributed by atoms with Crippen LogP contribution in [0.15, 0.2) is 5.10 Å². The van der Waals surface area contributed by atoms with Crippen LogP contribution < -0.4 is 11.1 Å². The minimum Gasteiger partial charge on any atom is -0.388 e. The SMILES string of the molecule is CC(C)C1CNCCN1N=CN. The zero-order valence-electron chi connectivity index (χ0n) is 7.83. The summed E-state index contributed by atoms with van der Waals surface area (Å²) in [6, 6.07) is 0.485. The Kier molecular flexibility index (Phi) is 3.34. The number of nitrogens with two attached hydrogens (primary N) is 1. The fourth-order valence-electron chi connectivity index (χ4n) is 1.52. The first-order chi connectivity index (χ1) is 5.75. The molecule has 1 atom stereocenters. The monoisotopic (exact) mass is 170 g/mol. The minimum atomic E-state index is 0.485. The molecule has 3 N–H and O–H groups in total. The Morgan fingerprint density at radius 1 is 1.67 bits per heavy atom. The summed E-state index contributed by atoms with van der Waals surface area (Å²) in [4.78, 5) is 0. The van der Waals surface area contributed by atoms with Crippen LogP contribution in [-0.4, -0.2) is 37.0 Å². The van der Waals surface area contributed by atoms with Gasteiger partial charge in [0.2, 0.25) is 0 Å². The molecule has 0 aromatic rings. The molecular formula is C8H18N4. The Morgan fingerprint density at radius 2 is 2.42 bits per heavy atom. The Balaban J connectivity index is 2.54. The van der Waals surface area contributed by atoms with Crippen LogP contribution in [0.5, 0.6) is 0 Å². The lowest BCUT2D eigenvalue weighted by molar-refractivity contribution is 0.130. The molecule has 1 aliphatic rings. The number of piperazine rings is 1. The molecule has 0 aliphatic carbocycles. The van der Waals surface area contributed by atoms with Gasteiger partial charge in [-0.3, -0.25) is 5.01 Å². The molecule has 0 aromatic carbocycles. The molecule has 1 heterocycles. The van der Waals surface area contributed by atoms with Crippen LogP contribution in [0.25, 0.3) is 0 Å². The first kappa shape index (κ1) is 9.32. The van der Waals surface area contributed by atoms with Gasteiger partial charge in [0.05, 0.1) is 6.04 Å². The predicted octanol–water partition coefficient (Wildman–Crippen LogP) is -0.182. The summed E-state index contributed by atoms with van der Waals surface area (Å²) in [7, 11) is 0. The van der Waals surface area contributed by atoms with Crippen molar-refractivity contribution in [2.24, 2.45) is 16.8 Å². The zero-order valence-corrected chi connectivity index (χ0v) is 7.83. The van der Waals surface area contributed by atoms with Gasteiger partial charge in [-0.1, -0.05) is 13.8 Å². The molecule has 0 spiro atoms. The largest absolute Gasteiger partial charge is 0.388 e. The van der Waals surface area contributed by atoms with Crippen molar-refractivity contribution < 1.29 is 0 Å². The van der Waals surface area contributed by atoms with Crippen molar-refractivity contribution in [1.82, 2.24) is 10.3 Å². The van der Waals surface area contributed by atoms with E-state index >= 15 is 0 Å². The molecule has 0 radical (unpaired) electrons. The molecule has 1 aliphatic heterocycles. The first-order valence-corrected chi connectivity index (χ1v) is 4.47. The molecule has 4 nitrogen and oxygen atoms in total. The summed E-state index contributed by atoms with van der Waals surface area (Å²) in [6.07, 6.45) is 1.38. The zero-order chi connectivity index (χ0) is 8.97. The number of nitrogens with zero attached hydrogens (tertiary/aromatic N) is 2. The van der Waals surface area contributed by atoms with Crippen molar-refractivity contribution in [3.63, 3.8) is 0 Å². The molecule has 1 saturated heterocycles. The second-order valence-corrected chi connectivity index (χ2v) is 3.44. The average molecular weight is 170 g/mol. The summed E-state index contributed by atoms with van der Waals surface area (Å²) in [5.41, 5.74) is 5.27. The predicted molar refractivity (Wildman–Crippen MR) is 50.9 cm³/mol. The van der Waals surface area contributed by atoms with E-state index in [2.05, 4.69) is 29.3 Å². The van der Waals surface area contributed by atoms with Crippen LogP contribution in [0.1, 0.15) is 13.8 Å². The highest BCUT2D eigenvalue weighted by molar-refractivity contribution is 5.50. The lowest BCUT2D eigenvalue weighted by Gasteiger charge is -2.36. The molecule has 4 heteroatoms. The van der Waals surface area contributed by atoms with Gasteiger partial charge in [-0.05, 0) is 5.92 Å². The number of nitrogens with one attached hydrogen (secondary N) is 1. The maximum absolute atomic E-state index is 5.27. The normalized spacial score (nSPS) is 25.6. The van der Waals surface area contributed by atoms with Crippen LogP contribution >= 0.6 is 0 Å². The average Bonchev–Trinajstić information content (AvgIpc) is 2.05. The van der Waals surface area contributed by atoms with Gasteiger partial charge in [-0.25, -0.2) is 0 Å². The third-order valence-corrected chi connectivity index (χ3v) is 2.24. The molecule has 12 heavy (non-hydrogen) atoms. The summed E-state index contributed by atoms with van der Waals surface area (Å²) < 4.78 is 0. The smallest absolute Gasteiger partial charge is 0.106 e. The van der Waals surface area contributed by atoms with Gasteiger partial charge in [0.1, 0.15) is 6.34 Å². The van der Waals surface area contributed by atoms with Gasteiger partial charge in [0.15, 0.2) is 0 Å². The van der Waals surface area contributed by atoms with Crippen LogP contribution in [0.2, 0.25) is 0 Å². The third kappa shape index (κ3) is 2.11. The van der Waals surface area contributed by atoms with E-state index in [0.29, 0.717) is 12.0 Å². The highest BCUT2D eigenvalue weighted by Gasteiger charge is 2.22. The maximum Gasteiger partial charge on any atom is 0.106 e. The van der Waals surface area contributed by atoms with E-state index < -0.39 is 0 Å². The van der Waals surface area contributed by atoms with E-state index in [4.69, 9.17) is 5.73 Å². The van der Waals surface area contributed by atoms with Gasteiger partial charge in [-0.15, -0.1) is 0 Å². The second-order valence-electron chi connectivity index (χ2n) is 3.44. The van der Waals surface area contributed by atoms with Crippen molar-refractivity contribution in [2.45, 2.75) is 19.9 Å². The Hall–Kier alpha value is -0.770. The molecular weight excluding hydrogens is 152 g/mol. The molecule has 70 valence electrons. The van der Waals surface area contributed by atoms with E-state index in [1.165, 1.54) is 6.34 Å². The topological polar surface area (TPSA) is 53.6 Å². The second kappa shape index (κ2) is 4.30. The standard InChI is InChI=1S/C8H18N4/c1-7(2)8-5-10-3-4-12(8)11-6-9/h6-8,10H,3-5H2,1-2H3,(H2,9,11). The van der Waals surface area contributed by atoms with Crippen molar-refractivity contribution in [3.05, 3.63) is 0 Å². The minimum absolute atomic E-state index is 0.485. The number of hydrogen-bond donors (Lipinski definition) is 2. The van der Waals surface area contributed by atoms with Crippen LogP contribution in [0, 0.1) is 5.92 Å². The first-order valence-electron chi connectivity index (χ1n) is 4.47. The Morgan fingerprint density at radius 3 is 3.00 bits per heavy atom. The maximum atomic E-state index is 5.27. The molecule has 0 bridgehead atoms. The summed E-state index contributed by atoms with van der Waals surface area (Å²) in [6.45, 7) is 7.37. The van der Waals surface area contributed by atoms with E-state index in [-0.39, 0.29) is 0 Å². The summed E-state index contributed by atoms with van der Waals surface area (Å²) in [5, 5.41) is 9.55. The molecule has 1 fully saturated rings. The number of rotatable bonds is 2. The molecule has 0 saturated carbocycles. The lowest BCUT2D eigenvalue weighted by atomic mass is 10.0. The number of hydrogen-bond acceptors (Lipinski definition) is 3. The van der Waals surface area contributed by atoms with Crippen molar-refractivity contribution >= 4 is 6.34 Å². The summed E-state index contributed by atoms with van der Waals surface area (Å²) in [5.74, 6) is 0.612. The highest BCUT2D eigenvalue weighted by atomic mass is 15.5. The van der Waals surface area contributed by atoms with E-state index in [1.54, 1.807) is 0 Å². The van der Waals surface area contributed by atoms with Gasteiger partial charge in [-0.2, -0.15) is 5.10 Å². The van der Waals surface area contributed by atoms with Gasteiger partial charge in [0, 0.05) is 19.6 Å². The van der Waals surface area contributed by atoms with Crippen LogP contribution in [0.3, 0.4) is 0 Å². The van der Waals surface area contributed by atoms with Crippen molar-refractivity contribution in [2.75, 3.05) is 19.6 Å². The fourth-order valence-corrected chi connectivity index (χ4v) is 1.52. The van der Waals surface area contributed by atoms with E-state index in [0.717, 1.165) is 19.6 Å². The quantitative estimate of drug-likeness (QED) is 0.446. The van der Waals surface area contributed by atoms with Crippen molar-refractivity contribution in [1.29, 1.82) is 0 Å². The highest BCUT2D eigenvalue weighted by Crippen LogP contribution is 2.12. The van der Waals surface area contributed by atoms with Gasteiger partial charge in [0.25, 0.3) is 0 Å². The van der Waals surface area contributed by atoms with Gasteiger partial charge < -0.3 is 11.1 Å². The lowest BCUT2D eigenvalue weighted by Crippen LogP contribution is -2.51. The van der Waals surface area contributed by atoms with Gasteiger partial charge >= 0.3 is 0 Å². The van der Waals surface area contributed by atoms with Crippen LogP contribution in [0.4, 0.5) is 0 Å². The molecule has 1 unspecified atom stereocenters. The van der Waals surface area contributed by atoms with E-state index in [9.17, 15) is 0 Å². The Bertz CT molecular complexity index is 155.